The SMILES string of the molecule is COCCn1cc(C)s/c1=N\C(=O)C12CC3CC(C1)OC(C)(C3)C2. The van der Waals surface area contributed by atoms with E-state index in [1.165, 1.54) is 4.88 Å². The molecule has 0 spiro atoms. The summed E-state index contributed by atoms with van der Waals surface area (Å²) in [6.45, 7) is 5.59. The van der Waals surface area contributed by atoms with Crippen LogP contribution in [0.15, 0.2) is 11.2 Å². The van der Waals surface area contributed by atoms with Crippen molar-refractivity contribution in [3.05, 3.63) is 15.9 Å². The average Bonchev–Trinajstić information content (AvgIpc) is 2.82. The molecule has 4 atom stereocenters. The van der Waals surface area contributed by atoms with Crippen molar-refractivity contribution < 1.29 is 14.3 Å². The van der Waals surface area contributed by atoms with E-state index in [1.807, 2.05) is 4.57 Å². The number of methoxy groups -OCH3 is 1. The van der Waals surface area contributed by atoms with Crippen molar-refractivity contribution in [1.29, 1.82) is 0 Å². The van der Waals surface area contributed by atoms with Crippen molar-refractivity contribution in [3.63, 3.8) is 0 Å². The molecular weight excluding hydrogens is 324 g/mol. The molecule has 1 aromatic heterocycles. The van der Waals surface area contributed by atoms with Crippen molar-refractivity contribution in [3.8, 4) is 0 Å². The molecule has 2 saturated carbocycles. The van der Waals surface area contributed by atoms with Gasteiger partial charge in [-0.05, 0) is 51.9 Å². The van der Waals surface area contributed by atoms with Crippen LogP contribution in [0.2, 0.25) is 0 Å². The van der Waals surface area contributed by atoms with Crippen molar-refractivity contribution in [2.75, 3.05) is 13.7 Å². The van der Waals surface area contributed by atoms with Gasteiger partial charge in [-0.3, -0.25) is 4.79 Å². The molecule has 24 heavy (non-hydrogen) atoms. The molecule has 132 valence electrons. The van der Waals surface area contributed by atoms with Gasteiger partial charge in [0.25, 0.3) is 5.91 Å². The summed E-state index contributed by atoms with van der Waals surface area (Å²) in [6.07, 6.45) is 7.21. The second-order valence-corrected chi connectivity index (χ2v) is 9.30. The Hall–Kier alpha value is -0.980. The van der Waals surface area contributed by atoms with Crippen LogP contribution < -0.4 is 4.80 Å². The van der Waals surface area contributed by atoms with Gasteiger partial charge in [0.2, 0.25) is 0 Å². The van der Waals surface area contributed by atoms with Gasteiger partial charge in [0.15, 0.2) is 4.80 Å². The maximum atomic E-state index is 13.2. The third-order valence-electron chi connectivity index (χ3n) is 5.80. The highest BCUT2D eigenvalue weighted by Crippen LogP contribution is 2.59. The number of aromatic nitrogens is 1. The molecule has 0 aromatic carbocycles. The summed E-state index contributed by atoms with van der Waals surface area (Å²) in [5, 5.41) is 0. The van der Waals surface area contributed by atoms with E-state index >= 15 is 0 Å². The van der Waals surface area contributed by atoms with E-state index in [0.717, 1.165) is 43.5 Å². The van der Waals surface area contributed by atoms with Gasteiger partial charge in [0.05, 0.1) is 23.7 Å². The predicted molar refractivity (Wildman–Crippen MR) is 91.8 cm³/mol. The second-order valence-electron chi connectivity index (χ2n) is 8.09. The van der Waals surface area contributed by atoms with Gasteiger partial charge < -0.3 is 14.0 Å². The minimum atomic E-state index is -0.296. The van der Waals surface area contributed by atoms with Crippen molar-refractivity contribution in [1.82, 2.24) is 4.57 Å². The van der Waals surface area contributed by atoms with Crippen molar-refractivity contribution in [2.45, 2.75) is 64.2 Å². The molecule has 2 saturated heterocycles. The molecule has 5 nitrogen and oxygen atoms in total. The maximum Gasteiger partial charge on any atom is 0.254 e. The molecule has 4 unspecified atom stereocenters. The van der Waals surface area contributed by atoms with E-state index in [9.17, 15) is 4.79 Å². The number of aryl methyl sites for hydroxylation is 1. The van der Waals surface area contributed by atoms with Crippen LogP contribution in [0.3, 0.4) is 0 Å². The van der Waals surface area contributed by atoms with Crippen molar-refractivity contribution >= 4 is 17.2 Å². The summed E-state index contributed by atoms with van der Waals surface area (Å²) in [5.41, 5.74) is -0.414. The average molecular weight is 350 g/mol. The monoisotopic (exact) mass is 350 g/mol. The first-order chi connectivity index (χ1) is 11.4. The van der Waals surface area contributed by atoms with E-state index in [2.05, 4.69) is 25.0 Å². The summed E-state index contributed by atoms with van der Waals surface area (Å²) < 4.78 is 13.4. The molecule has 4 bridgehead atoms. The summed E-state index contributed by atoms with van der Waals surface area (Å²) in [6, 6.07) is 0. The number of ether oxygens (including phenoxy) is 2. The molecule has 3 heterocycles. The van der Waals surface area contributed by atoms with Gasteiger partial charge >= 0.3 is 0 Å². The van der Waals surface area contributed by atoms with E-state index in [-0.39, 0.29) is 23.0 Å². The lowest BCUT2D eigenvalue weighted by Gasteiger charge is -2.59. The molecule has 2 aliphatic carbocycles. The molecule has 4 aliphatic rings. The highest BCUT2D eigenvalue weighted by Gasteiger charge is 2.60. The Morgan fingerprint density at radius 3 is 3.04 bits per heavy atom. The number of nitrogens with zero attached hydrogens (tertiary/aromatic N) is 2. The van der Waals surface area contributed by atoms with Crippen LogP contribution in [0.4, 0.5) is 0 Å². The number of hydrogen-bond acceptors (Lipinski definition) is 4. The van der Waals surface area contributed by atoms with E-state index in [1.54, 1.807) is 18.4 Å². The molecule has 0 radical (unpaired) electrons. The number of carbonyl (C=O) groups excluding carboxylic acids is 1. The van der Waals surface area contributed by atoms with Crippen LogP contribution in [-0.4, -0.2) is 35.9 Å². The third-order valence-corrected chi connectivity index (χ3v) is 6.74. The quantitative estimate of drug-likeness (QED) is 0.839. The summed E-state index contributed by atoms with van der Waals surface area (Å²) in [7, 11) is 1.69. The lowest BCUT2D eigenvalue weighted by molar-refractivity contribution is -0.236. The standard InChI is InChI=1S/C18H26N2O3S/c1-12-10-20(4-5-22-3)16(24-12)19-15(21)18-8-13-6-14(9-18)23-17(2,7-13)11-18/h10,13-14H,4-9,11H2,1-3H3/b19-16-. The van der Waals surface area contributed by atoms with Crippen LogP contribution in [0, 0.1) is 18.3 Å². The first kappa shape index (κ1) is 16.5. The smallest absolute Gasteiger partial charge is 0.254 e. The normalized spacial score (nSPS) is 38.0. The second kappa shape index (κ2) is 5.78. The predicted octanol–water partition coefficient (Wildman–Crippen LogP) is 2.67. The van der Waals surface area contributed by atoms with Gasteiger partial charge in [-0.15, -0.1) is 11.3 Å². The Morgan fingerprint density at radius 1 is 1.50 bits per heavy atom. The molecule has 6 heteroatoms. The Labute approximate surface area is 146 Å². The molecule has 1 aromatic rings. The first-order valence-electron chi connectivity index (χ1n) is 8.84. The zero-order chi connectivity index (χ0) is 16.9. The molecule has 5 rings (SSSR count). The topological polar surface area (TPSA) is 52.8 Å². The Balaban J connectivity index is 1.65. The number of rotatable bonds is 4. The fourth-order valence-electron chi connectivity index (χ4n) is 5.29. The fourth-order valence-corrected chi connectivity index (χ4v) is 6.14. The first-order valence-corrected chi connectivity index (χ1v) is 9.66. The van der Waals surface area contributed by atoms with Crippen LogP contribution in [0.25, 0.3) is 0 Å². The minimum Gasteiger partial charge on any atom is -0.383 e. The van der Waals surface area contributed by atoms with Gasteiger partial charge in [-0.1, -0.05) is 0 Å². The summed E-state index contributed by atoms with van der Waals surface area (Å²) in [4.78, 5) is 19.7. The number of hydrogen-bond donors (Lipinski definition) is 0. The van der Waals surface area contributed by atoms with E-state index < -0.39 is 0 Å². The lowest BCUT2D eigenvalue weighted by atomic mass is 9.54. The van der Waals surface area contributed by atoms with Gasteiger partial charge in [-0.25, -0.2) is 0 Å². The number of amides is 1. The minimum absolute atomic E-state index is 0.0689. The zero-order valence-corrected chi connectivity index (χ0v) is 15.5. The fraction of sp³-hybridized carbons (Fsp3) is 0.778. The third kappa shape index (κ3) is 2.78. The van der Waals surface area contributed by atoms with Crippen LogP contribution in [0.5, 0.6) is 0 Å². The molecular formula is C18H26N2O3S. The van der Waals surface area contributed by atoms with Crippen LogP contribution in [0.1, 0.15) is 43.9 Å². The summed E-state index contributed by atoms with van der Waals surface area (Å²) >= 11 is 1.58. The van der Waals surface area contributed by atoms with E-state index in [4.69, 9.17) is 9.47 Å². The van der Waals surface area contributed by atoms with Crippen molar-refractivity contribution in [2.24, 2.45) is 16.3 Å². The maximum absolute atomic E-state index is 13.2. The largest absolute Gasteiger partial charge is 0.383 e. The highest BCUT2D eigenvalue weighted by molar-refractivity contribution is 7.09. The molecule has 0 N–H and O–H groups in total. The van der Waals surface area contributed by atoms with Crippen LogP contribution >= 0.6 is 11.3 Å². The summed E-state index contributed by atoms with van der Waals surface area (Å²) in [5.74, 6) is 0.695. The highest BCUT2D eigenvalue weighted by atomic mass is 32.1. The van der Waals surface area contributed by atoms with Gasteiger partial charge in [0, 0.05) is 24.7 Å². The molecule has 2 aliphatic heterocycles. The zero-order valence-electron chi connectivity index (χ0n) is 14.7. The number of carbonyl (C=O) groups is 1. The van der Waals surface area contributed by atoms with Gasteiger partial charge in [0.1, 0.15) is 0 Å². The van der Waals surface area contributed by atoms with Crippen LogP contribution in [-0.2, 0) is 20.8 Å². The lowest BCUT2D eigenvalue weighted by Crippen LogP contribution is -2.60. The molecule has 1 amide bonds. The number of thiazole rings is 1. The Kier molecular flexibility index (Phi) is 3.97. The van der Waals surface area contributed by atoms with E-state index in [0.29, 0.717) is 12.5 Å². The van der Waals surface area contributed by atoms with Gasteiger partial charge in [-0.2, -0.15) is 4.99 Å². The Morgan fingerprint density at radius 2 is 2.33 bits per heavy atom. The molecule has 4 fully saturated rings. The Bertz CT molecular complexity index is 706.